The molecule has 1 aliphatic heterocycles. The molecule has 4 heteroatoms. The second-order valence-corrected chi connectivity index (χ2v) is 4.69. The fourth-order valence-electron chi connectivity index (χ4n) is 2.25. The second-order valence-electron chi connectivity index (χ2n) is 4.69. The van der Waals surface area contributed by atoms with Gasteiger partial charge in [-0.25, -0.2) is 4.39 Å². The van der Waals surface area contributed by atoms with Gasteiger partial charge >= 0.3 is 0 Å². The van der Waals surface area contributed by atoms with Crippen LogP contribution in [0.4, 0.5) is 4.39 Å². The summed E-state index contributed by atoms with van der Waals surface area (Å²) in [6.07, 6.45) is 3.99. The molecule has 1 aromatic carbocycles. The van der Waals surface area contributed by atoms with Crippen LogP contribution in [0.15, 0.2) is 24.3 Å². The van der Waals surface area contributed by atoms with E-state index in [-0.39, 0.29) is 24.1 Å². The first kappa shape index (κ1) is 15.1. The van der Waals surface area contributed by atoms with Crippen molar-refractivity contribution in [3.8, 4) is 0 Å². The van der Waals surface area contributed by atoms with E-state index in [1.165, 1.54) is 17.7 Å². The summed E-state index contributed by atoms with van der Waals surface area (Å²) in [7, 11) is 0. The molecule has 0 aliphatic carbocycles. The predicted octanol–water partition coefficient (Wildman–Crippen LogP) is 2.70. The predicted molar refractivity (Wildman–Crippen MR) is 72.6 cm³/mol. The van der Waals surface area contributed by atoms with Crippen molar-refractivity contribution in [3.63, 3.8) is 0 Å². The largest absolute Gasteiger partial charge is 0.303 e. The van der Waals surface area contributed by atoms with Crippen molar-refractivity contribution in [2.24, 2.45) is 5.92 Å². The second kappa shape index (κ2) is 7.49. The molecule has 0 unspecified atom stereocenters. The Morgan fingerprint density at radius 3 is 2.39 bits per heavy atom. The Kier molecular flexibility index (Phi) is 6.30. The van der Waals surface area contributed by atoms with Crippen LogP contribution in [0.25, 0.3) is 0 Å². The van der Waals surface area contributed by atoms with E-state index in [0.29, 0.717) is 0 Å². The lowest BCUT2D eigenvalue weighted by Gasteiger charge is -2.29. The summed E-state index contributed by atoms with van der Waals surface area (Å²) in [5, 5.41) is 0. The molecule has 1 saturated heterocycles. The van der Waals surface area contributed by atoms with E-state index in [1.54, 1.807) is 0 Å². The highest BCUT2D eigenvalue weighted by molar-refractivity contribution is 5.85. The molecule has 0 radical (unpaired) electrons. The molecule has 0 spiro atoms. The number of carbonyl (C=O) groups is 1. The maximum absolute atomic E-state index is 12.7. The van der Waals surface area contributed by atoms with E-state index in [2.05, 4.69) is 4.90 Å². The molecule has 1 aromatic rings. The molecule has 0 aromatic heterocycles. The van der Waals surface area contributed by atoms with Crippen molar-refractivity contribution in [2.75, 3.05) is 19.6 Å². The lowest BCUT2D eigenvalue weighted by atomic mass is 9.98. The van der Waals surface area contributed by atoms with Crippen molar-refractivity contribution in [1.29, 1.82) is 0 Å². The standard InChI is InChI=1S/C14H18FNO.ClH/c15-14-3-1-12(2-4-14)5-8-16-9-6-13(11-17)7-10-16;/h1-4,11,13H,5-10H2;1H. The highest BCUT2D eigenvalue weighted by atomic mass is 35.5. The van der Waals surface area contributed by atoms with Gasteiger partial charge in [0.05, 0.1) is 0 Å². The van der Waals surface area contributed by atoms with Gasteiger partial charge in [0, 0.05) is 12.5 Å². The number of aldehydes is 1. The Bertz CT molecular complexity index is 361. The minimum Gasteiger partial charge on any atom is -0.303 e. The average Bonchev–Trinajstić information content (AvgIpc) is 2.39. The van der Waals surface area contributed by atoms with Crippen LogP contribution in [0.3, 0.4) is 0 Å². The number of halogens is 2. The molecule has 1 heterocycles. The van der Waals surface area contributed by atoms with Crippen molar-refractivity contribution >= 4 is 18.7 Å². The Hall–Kier alpha value is -0.930. The lowest BCUT2D eigenvalue weighted by Crippen LogP contribution is -2.35. The van der Waals surface area contributed by atoms with Gasteiger partial charge in [0.25, 0.3) is 0 Å². The monoisotopic (exact) mass is 271 g/mol. The van der Waals surface area contributed by atoms with Crippen LogP contribution in [-0.2, 0) is 11.2 Å². The number of likely N-dealkylation sites (tertiary alicyclic amines) is 1. The van der Waals surface area contributed by atoms with Crippen LogP contribution >= 0.6 is 12.4 Å². The van der Waals surface area contributed by atoms with E-state index >= 15 is 0 Å². The number of rotatable bonds is 4. The zero-order valence-electron chi connectivity index (χ0n) is 10.3. The molecule has 0 N–H and O–H groups in total. The number of piperidine rings is 1. The molecule has 100 valence electrons. The van der Waals surface area contributed by atoms with Crippen LogP contribution in [0.1, 0.15) is 18.4 Å². The van der Waals surface area contributed by atoms with Crippen LogP contribution in [0.2, 0.25) is 0 Å². The molecular formula is C14H19ClFNO. The fourth-order valence-corrected chi connectivity index (χ4v) is 2.25. The third-order valence-electron chi connectivity index (χ3n) is 3.45. The quantitative estimate of drug-likeness (QED) is 0.785. The van der Waals surface area contributed by atoms with Gasteiger partial charge in [0.2, 0.25) is 0 Å². The summed E-state index contributed by atoms with van der Waals surface area (Å²) in [5.74, 6) is 0.0811. The molecule has 0 saturated carbocycles. The van der Waals surface area contributed by atoms with E-state index in [9.17, 15) is 9.18 Å². The maximum Gasteiger partial charge on any atom is 0.123 e. The number of carbonyl (C=O) groups excluding carboxylic acids is 1. The van der Waals surface area contributed by atoms with Gasteiger partial charge in [-0.3, -0.25) is 0 Å². The Morgan fingerprint density at radius 1 is 1.22 bits per heavy atom. The van der Waals surface area contributed by atoms with Crippen LogP contribution in [-0.4, -0.2) is 30.8 Å². The Balaban J connectivity index is 0.00000162. The fraction of sp³-hybridized carbons (Fsp3) is 0.500. The van der Waals surface area contributed by atoms with E-state index in [1.807, 2.05) is 12.1 Å². The molecule has 0 atom stereocenters. The van der Waals surface area contributed by atoms with E-state index in [4.69, 9.17) is 0 Å². The highest BCUT2D eigenvalue weighted by Gasteiger charge is 2.17. The maximum atomic E-state index is 12.7. The first-order valence-electron chi connectivity index (χ1n) is 6.20. The summed E-state index contributed by atoms with van der Waals surface area (Å²) in [6.45, 7) is 3.01. The summed E-state index contributed by atoms with van der Waals surface area (Å²) in [5.41, 5.74) is 1.17. The molecule has 0 bridgehead atoms. The highest BCUT2D eigenvalue weighted by Crippen LogP contribution is 2.15. The first-order valence-corrected chi connectivity index (χ1v) is 6.20. The van der Waals surface area contributed by atoms with Gasteiger partial charge in [0.1, 0.15) is 12.1 Å². The van der Waals surface area contributed by atoms with Crippen molar-refractivity contribution in [1.82, 2.24) is 4.90 Å². The molecule has 1 fully saturated rings. The average molecular weight is 272 g/mol. The minimum absolute atomic E-state index is 0. The van der Waals surface area contributed by atoms with E-state index in [0.717, 1.165) is 45.2 Å². The number of hydrogen-bond acceptors (Lipinski definition) is 2. The molecule has 2 nitrogen and oxygen atoms in total. The molecule has 2 rings (SSSR count). The summed E-state index contributed by atoms with van der Waals surface area (Å²) in [6, 6.07) is 6.70. The van der Waals surface area contributed by atoms with Crippen molar-refractivity contribution in [2.45, 2.75) is 19.3 Å². The molecular weight excluding hydrogens is 253 g/mol. The van der Waals surface area contributed by atoms with Gasteiger partial charge in [-0.1, -0.05) is 12.1 Å². The Morgan fingerprint density at radius 2 is 1.83 bits per heavy atom. The minimum atomic E-state index is -0.180. The topological polar surface area (TPSA) is 20.3 Å². The Labute approximate surface area is 114 Å². The van der Waals surface area contributed by atoms with Gasteiger partial charge < -0.3 is 9.69 Å². The third kappa shape index (κ3) is 4.39. The number of nitrogens with zero attached hydrogens (tertiary/aromatic N) is 1. The van der Waals surface area contributed by atoms with Crippen molar-refractivity contribution < 1.29 is 9.18 Å². The summed E-state index contributed by atoms with van der Waals surface area (Å²) < 4.78 is 12.7. The van der Waals surface area contributed by atoms with Crippen LogP contribution < -0.4 is 0 Å². The van der Waals surface area contributed by atoms with Gasteiger partial charge in [-0.15, -0.1) is 12.4 Å². The van der Waals surface area contributed by atoms with Crippen molar-refractivity contribution in [3.05, 3.63) is 35.6 Å². The van der Waals surface area contributed by atoms with Gasteiger partial charge in [-0.2, -0.15) is 0 Å². The summed E-state index contributed by atoms with van der Waals surface area (Å²) >= 11 is 0. The van der Waals surface area contributed by atoms with Crippen LogP contribution in [0, 0.1) is 11.7 Å². The third-order valence-corrected chi connectivity index (χ3v) is 3.45. The number of benzene rings is 1. The molecule has 0 amide bonds. The van der Waals surface area contributed by atoms with Crippen LogP contribution in [0.5, 0.6) is 0 Å². The zero-order chi connectivity index (χ0) is 12.1. The molecule has 18 heavy (non-hydrogen) atoms. The lowest BCUT2D eigenvalue weighted by molar-refractivity contribution is -0.112. The SMILES string of the molecule is Cl.O=CC1CCN(CCc2ccc(F)cc2)CC1. The normalized spacial score (nSPS) is 17.2. The summed E-state index contributed by atoms with van der Waals surface area (Å²) in [4.78, 5) is 13.0. The van der Waals surface area contributed by atoms with E-state index < -0.39 is 0 Å². The van der Waals surface area contributed by atoms with Gasteiger partial charge in [-0.05, 0) is 50.0 Å². The smallest absolute Gasteiger partial charge is 0.123 e. The molecule has 1 aliphatic rings. The zero-order valence-corrected chi connectivity index (χ0v) is 11.2. The van der Waals surface area contributed by atoms with Gasteiger partial charge in [0.15, 0.2) is 0 Å². The first-order chi connectivity index (χ1) is 8.28. The number of hydrogen-bond donors (Lipinski definition) is 0.